The number of aromatic nitrogens is 3. The highest BCUT2D eigenvalue weighted by atomic mass is 16.2. The van der Waals surface area contributed by atoms with Crippen LogP contribution < -0.4 is 5.73 Å². The van der Waals surface area contributed by atoms with E-state index in [1.807, 2.05) is 38.1 Å². The lowest BCUT2D eigenvalue weighted by atomic mass is 9.94. The van der Waals surface area contributed by atoms with E-state index in [-0.39, 0.29) is 17.7 Å². The van der Waals surface area contributed by atoms with E-state index >= 15 is 0 Å². The molecule has 25 heavy (non-hydrogen) atoms. The number of primary amides is 1. The van der Waals surface area contributed by atoms with Crippen molar-refractivity contribution in [1.82, 2.24) is 19.9 Å². The number of hydrogen-bond acceptors (Lipinski definition) is 4. The predicted octanol–water partition coefficient (Wildman–Crippen LogP) is 1.61. The van der Waals surface area contributed by atoms with Gasteiger partial charge in [-0.05, 0) is 44.7 Å². The van der Waals surface area contributed by atoms with Crippen LogP contribution in [0.25, 0.3) is 5.69 Å². The lowest BCUT2D eigenvalue weighted by Gasteiger charge is -2.31. The molecule has 0 aliphatic carbocycles. The third-order valence-corrected chi connectivity index (χ3v) is 4.67. The largest absolute Gasteiger partial charge is 0.370 e. The van der Waals surface area contributed by atoms with Crippen LogP contribution in [0.2, 0.25) is 0 Å². The summed E-state index contributed by atoms with van der Waals surface area (Å²) in [5.41, 5.74) is 8.40. The van der Waals surface area contributed by atoms with Gasteiger partial charge in [0.2, 0.25) is 5.91 Å². The molecule has 2 amide bonds. The Bertz CT molecular complexity index is 781. The van der Waals surface area contributed by atoms with Gasteiger partial charge in [-0.3, -0.25) is 9.59 Å². The van der Waals surface area contributed by atoms with Crippen molar-refractivity contribution in [3.05, 3.63) is 41.2 Å². The summed E-state index contributed by atoms with van der Waals surface area (Å²) in [5.74, 6) is -0.325. The van der Waals surface area contributed by atoms with Crippen molar-refractivity contribution in [2.45, 2.75) is 33.1 Å². The third kappa shape index (κ3) is 3.70. The van der Waals surface area contributed by atoms with E-state index in [9.17, 15) is 9.59 Å². The lowest BCUT2D eigenvalue weighted by Crippen LogP contribution is -2.41. The highest BCUT2D eigenvalue weighted by Gasteiger charge is 2.28. The van der Waals surface area contributed by atoms with Crippen molar-refractivity contribution in [3.8, 4) is 5.69 Å². The molecule has 0 radical (unpaired) electrons. The van der Waals surface area contributed by atoms with E-state index < -0.39 is 0 Å². The van der Waals surface area contributed by atoms with Crippen LogP contribution in [0.5, 0.6) is 0 Å². The van der Waals surface area contributed by atoms with Gasteiger partial charge >= 0.3 is 0 Å². The number of aryl methyl sites for hydroxylation is 1. The molecule has 3 rings (SSSR count). The molecule has 1 atom stereocenters. The van der Waals surface area contributed by atoms with Crippen LogP contribution in [-0.4, -0.2) is 44.8 Å². The third-order valence-electron chi connectivity index (χ3n) is 4.67. The first-order valence-electron chi connectivity index (χ1n) is 8.52. The molecule has 7 heteroatoms. The number of amides is 2. The summed E-state index contributed by atoms with van der Waals surface area (Å²) in [7, 11) is 0. The first-order chi connectivity index (χ1) is 12.0. The molecule has 1 aliphatic heterocycles. The maximum Gasteiger partial charge on any atom is 0.276 e. The molecule has 1 fully saturated rings. The second-order valence-corrected chi connectivity index (χ2v) is 6.70. The summed E-state index contributed by atoms with van der Waals surface area (Å²) < 4.78 is 1.68. The van der Waals surface area contributed by atoms with E-state index in [2.05, 4.69) is 10.3 Å². The minimum atomic E-state index is -0.319. The van der Waals surface area contributed by atoms with Gasteiger partial charge in [0.25, 0.3) is 5.91 Å². The van der Waals surface area contributed by atoms with Gasteiger partial charge in [-0.2, -0.15) is 0 Å². The van der Waals surface area contributed by atoms with E-state index in [0.29, 0.717) is 30.9 Å². The highest BCUT2D eigenvalue weighted by Crippen LogP contribution is 2.22. The zero-order valence-electron chi connectivity index (χ0n) is 14.6. The topological polar surface area (TPSA) is 94.1 Å². The number of benzene rings is 1. The van der Waals surface area contributed by atoms with Crippen molar-refractivity contribution < 1.29 is 9.59 Å². The number of rotatable bonds is 4. The molecule has 1 saturated heterocycles. The first-order valence-corrected chi connectivity index (χ1v) is 8.52. The predicted molar refractivity (Wildman–Crippen MR) is 93.3 cm³/mol. The van der Waals surface area contributed by atoms with Crippen molar-refractivity contribution in [2.75, 3.05) is 13.1 Å². The molecule has 132 valence electrons. The molecule has 0 spiro atoms. The minimum Gasteiger partial charge on any atom is -0.370 e. The maximum atomic E-state index is 12.8. The summed E-state index contributed by atoms with van der Waals surface area (Å²) in [6, 6.07) is 7.90. The van der Waals surface area contributed by atoms with E-state index in [1.165, 1.54) is 0 Å². The minimum absolute atomic E-state index is 0.127. The molecule has 2 heterocycles. The van der Waals surface area contributed by atoms with Gasteiger partial charge in [0.1, 0.15) is 0 Å². The van der Waals surface area contributed by atoms with Crippen molar-refractivity contribution in [1.29, 1.82) is 0 Å². The molecular weight excluding hydrogens is 318 g/mol. The highest BCUT2D eigenvalue weighted by molar-refractivity contribution is 5.93. The van der Waals surface area contributed by atoms with E-state index in [4.69, 9.17) is 5.73 Å². The Balaban J connectivity index is 1.79. The fourth-order valence-corrected chi connectivity index (χ4v) is 3.31. The molecule has 0 bridgehead atoms. The van der Waals surface area contributed by atoms with Crippen LogP contribution in [0.3, 0.4) is 0 Å². The molecular formula is C18H23N5O2. The first kappa shape index (κ1) is 17.1. The Labute approximate surface area is 146 Å². The van der Waals surface area contributed by atoms with Gasteiger partial charge in [-0.15, -0.1) is 5.10 Å². The van der Waals surface area contributed by atoms with Crippen LogP contribution in [-0.2, 0) is 4.79 Å². The number of piperidine rings is 1. The van der Waals surface area contributed by atoms with Crippen LogP contribution in [0.15, 0.2) is 24.3 Å². The smallest absolute Gasteiger partial charge is 0.276 e. The van der Waals surface area contributed by atoms with Crippen LogP contribution >= 0.6 is 0 Å². The Hall–Kier alpha value is -2.70. The molecule has 0 unspecified atom stereocenters. The Kier molecular flexibility index (Phi) is 4.83. The van der Waals surface area contributed by atoms with Gasteiger partial charge in [-0.1, -0.05) is 22.9 Å². The molecule has 1 aliphatic rings. The number of carbonyl (C=O) groups excluding carboxylic acids is 2. The lowest BCUT2D eigenvalue weighted by molar-refractivity contribution is -0.119. The van der Waals surface area contributed by atoms with Crippen molar-refractivity contribution >= 4 is 11.8 Å². The second kappa shape index (κ2) is 7.04. The van der Waals surface area contributed by atoms with E-state index in [0.717, 1.165) is 24.1 Å². The molecule has 7 nitrogen and oxygen atoms in total. The molecule has 2 aromatic rings. The quantitative estimate of drug-likeness (QED) is 0.914. The van der Waals surface area contributed by atoms with Crippen LogP contribution in [0.1, 0.15) is 41.0 Å². The average Bonchev–Trinajstić information content (AvgIpc) is 2.96. The summed E-state index contributed by atoms with van der Waals surface area (Å²) in [6.07, 6.45) is 2.11. The summed E-state index contributed by atoms with van der Waals surface area (Å²) >= 11 is 0. The normalized spacial score (nSPS) is 17.5. The van der Waals surface area contributed by atoms with Crippen LogP contribution in [0.4, 0.5) is 0 Å². The number of nitrogens with zero attached hydrogens (tertiary/aromatic N) is 4. The second-order valence-electron chi connectivity index (χ2n) is 6.70. The van der Waals surface area contributed by atoms with Crippen molar-refractivity contribution in [3.63, 3.8) is 0 Å². The summed E-state index contributed by atoms with van der Waals surface area (Å²) in [4.78, 5) is 25.7. The number of nitrogens with two attached hydrogens (primary N) is 1. The average molecular weight is 341 g/mol. The van der Waals surface area contributed by atoms with E-state index in [1.54, 1.807) is 9.58 Å². The Morgan fingerprint density at radius 2 is 1.96 bits per heavy atom. The zero-order valence-corrected chi connectivity index (χ0v) is 14.6. The van der Waals surface area contributed by atoms with Gasteiger partial charge in [0.05, 0.1) is 11.4 Å². The zero-order chi connectivity index (χ0) is 18.0. The van der Waals surface area contributed by atoms with Crippen LogP contribution in [0, 0.1) is 19.8 Å². The Morgan fingerprint density at radius 1 is 1.24 bits per heavy atom. The Morgan fingerprint density at radius 3 is 2.64 bits per heavy atom. The summed E-state index contributed by atoms with van der Waals surface area (Å²) in [5, 5.41) is 8.25. The van der Waals surface area contributed by atoms with Crippen molar-refractivity contribution in [2.24, 2.45) is 11.7 Å². The SMILES string of the molecule is Cc1ccc(-n2nnc(C(=O)N3CCC[C@H](CC(N)=O)C3)c2C)cc1. The number of carbonyl (C=O) groups is 2. The van der Waals surface area contributed by atoms with Gasteiger partial charge in [0, 0.05) is 19.5 Å². The van der Waals surface area contributed by atoms with Gasteiger partial charge in [0.15, 0.2) is 5.69 Å². The maximum absolute atomic E-state index is 12.8. The molecule has 2 N–H and O–H groups in total. The molecule has 1 aromatic carbocycles. The number of hydrogen-bond donors (Lipinski definition) is 1. The fourth-order valence-electron chi connectivity index (χ4n) is 3.31. The fraction of sp³-hybridized carbons (Fsp3) is 0.444. The molecule has 0 saturated carbocycles. The summed E-state index contributed by atoms with van der Waals surface area (Å²) in [6.45, 7) is 5.08. The van der Waals surface area contributed by atoms with Gasteiger partial charge in [-0.25, -0.2) is 4.68 Å². The molecule has 1 aromatic heterocycles. The van der Waals surface area contributed by atoms with Gasteiger partial charge < -0.3 is 10.6 Å². The standard InChI is InChI=1S/C18H23N5O2/c1-12-5-7-15(8-6-12)23-13(2)17(20-21-23)18(25)22-9-3-4-14(11-22)10-16(19)24/h5-8,14H,3-4,9-11H2,1-2H3,(H2,19,24)/t14-/m1/s1. The monoisotopic (exact) mass is 341 g/mol. The number of likely N-dealkylation sites (tertiary alicyclic amines) is 1.